The number of likely N-dealkylation sites (tertiary alicyclic amines) is 1. The Labute approximate surface area is 168 Å². The Balaban J connectivity index is 1.41. The molecule has 10 heteroatoms. The zero-order chi connectivity index (χ0) is 20.8. The van der Waals surface area contributed by atoms with Crippen molar-refractivity contribution in [3.63, 3.8) is 0 Å². The van der Waals surface area contributed by atoms with E-state index in [9.17, 15) is 19.2 Å². The standard InChI is InChI=1S/C19H26N4O6/c1-2-28-19(27)23-7-5-14(6-8-23)20-16(24)18(26)22-11-9-21(10-12-22)17(25)15-4-3-13-29-15/h3-4,13-14H,2,5-12H2,1H3,(H,20,24). The van der Waals surface area contributed by atoms with Crippen molar-refractivity contribution in [2.75, 3.05) is 45.9 Å². The van der Waals surface area contributed by atoms with Gasteiger partial charge in [-0.2, -0.15) is 0 Å². The zero-order valence-corrected chi connectivity index (χ0v) is 16.5. The second-order valence-electron chi connectivity index (χ2n) is 7.00. The molecule has 29 heavy (non-hydrogen) atoms. The Hall–Kier alpha value is -3.04. The Morgan fingerprint density at radius 3 is 2.28 bits per heavy atom. The number of carbonyl (C=O) groups is 4. The second-order valence-corrected chi connectivity index (χ2v) is 7.00. The van der Waals surface area contributed by atoms with E-state index < -0.39 is 11.8 Å². The van der Waals surface area contributed by atoms with E-state index in [-0.39, 0.29) is 23.8 Å². The number of hydrogen-bond acceptors (Lipinski definition) is 6. The SMILES string of the molecule is CCOC(=O)N1CCC(NC(=O)C(=O)N2CCN(C(=O)c3ccco3)CC2)CC1. The van der Waals surface area contributed by atoms with Gasteiger partial charge >= 0.3 is 17.9 Å². The smallest absolute Gasteiger partial charge is 0.409 e. The van der Waals surface area contributed by atoms with Gasteiger partial charge in [-0.05, 0) is 31.9 Å². The molecule has 3 rings (SSSR count). The fourth-order valence-corrected chi connectivity index (χ4v) is 3.48. The van der Waals surface area contributed by atoms with Gasteiger partial charge in [-0.15, -0.1) is 0 Å². The molecule has 3 heterocycles. The van der Waals surface area contributed by atoms with Gasteiger partial charge in [0.15, 0.2) is 5.76 Å². The molecule has 2 aliphatic rings. The molecule has 1 aromatic heterocycles. The van der Waals surface area contributed by atoms with E-state index in [2.05, 4.69) is 5.32 Å². The highest BCUT2D eigenvalue weighted by Crippen LogP contribution is 2.13. The highest BCUT2D eigenvalue weighted by atomic mass is 16.6. The minimum Gasteiger partial charge on any atom is -0.459 e. The predicted octanol–water partition coefficient (Wildman–Crippen LogP) is 0.301. The molecule has 2 aliphatic heterocycles. The molecule has 4 amide bonds. The van der Waals surface area contributed by atoms with E-state index in [1.165, 1.54) is 11.2 Å². The average Bonchev–Trinajstić information content (AvgIpc) is 3.28. The van der Waals surface area contributed by atoms with Crippen LogP contribution in [0.15, 0.2) is 22.8 Å². The number of nitrogens with one attached hydrogen (secondary N) is 1. The van der Waals surface area contributed by atoms with Crippen LogP contribution in [0.25, 0.3) is 0 Å². The monoisotopic (exact) mass is 406 g/mol. The lowest BCUT2D eigenvalue weighted by molar-refractivity contribution is -0.147. The molecule has 0 aromatic carbocycles. The molecule has 0 bridgehead atoms. The number of piperidine rings is 1. The first-order chi connectivity index (χ1) is 14.0. The van der Waals surface area contributed by atoms with E-state index in [0.717, 1.165) is 0 Å². The summed E-state index contributed by atoms with van der Waals surface area (Å²) in [7, 11) is 0. The number of hydrogen-bond donors (Lipinski definition) is 1. The third-order valence-corrected chi connectivity index (χ3v) is 5.14. The summed E-state index contributed by atoms with van der Waals surface area (Å²) in [5.41, 5.74) is 0. The molecule has 2 fully saturated rings. The lowest BCUT2D eigenvalue weighted by atomic mass is 10.1. The summed E-state index contributed by atoms with van der Waals surface area (Å²) in [6, 6.07) is 3.09. The molecule has 2 saturated heterocycles. The van der Waals surface area contributed by atoms with Crippen molar-refractivity contribution in [1.82, 2.24) is 20.0 Å². The first-order valence-electron chi connectivity index (χ1n) is 9.83. The number of amides is 4. The largest absolute Gasteiger partial charge is 0.459 e. The Bertz CT molecular complexity index is 734. The summed E-state index contributed by atoms with van der Waals surface area (Å²) in [5.74, 6) is -1.20. The molecule has 0 unspecified atom stereocenters. The van der Waals surface area contributed by atoms with E-state index >= 15 is 0 Å². The van der Waals surface area contributed by atoms with Crippen LogP contribution < -0.4 is 5.32 Å². The van der Waals surface area contributed by atoms with Gasteiger partial charge in [0.25, 0.3) is 5.91 Å². The van der Waals surface area contributed by atoms with Crippen molar-refractivity contribution in [3.05, 3.63) is 24.2 Å². The first kappa shape index (κ1) is 20.7. The summed E-state index contributed by atoms with van der Waals surface area (Å²) in [5, 5.41) is 2.76. The van der Waals surface area contributed by atoms with Crippen LogP contribution in [0.4, 0.5) is 4.79 Å². The van der Waals surface area contributed by atoms with Gasteiger partial charge in [0.2, 0.25) is 0 Å². The molecule has 0 radical (unpaired) electrons. The minimum absolute atomic E-state index is 0.154. The van der Waals surface area contributed by atoms with E-state index in [1.54, 1.807) is 28.9 Å². The molecular formula is C19H26N4O6. The van der Waals surface area contributed by atoms with Gasteiger partial charge in [0, 0.05) is 45.3 Å². The van der Waals surface area contributed by atoms with Crippen LogP contribution >= 0.6 is 0 Å². The molecule has 158 valence electrons. The highest BCUT2D eigenvalue weighted by Gasteiger charge is 2.31. The lowest BCUT2D eigenvalue weighted by Gasteiger charge is -2.35. The first-order valence-corrected chi connectivity index (χ1v) is 9.83. The number of furan rings is 1. The maximum Gasteiger partial charge on any atom is 0.409 e. The Morgan fingerprint density at radius 2 is 1.69 bits per heavy atom. The van der Waals surface area contributed by atoms with Gasteiger partial charge in [0.05, 0.1) is 12.9 Å². The third-order valence-electron chi connectivity index (χ3n) is 5.14. The molecule has 0 saturated carbocycles. The van der Waals surface area contributed by atoms with Crippen molar-refractivity contribution in [1.29, 1.82) is 0 Å². The van der Waals surface area contributed by atoms with Gasteiger partial charge in [-0.1, -0.05) is 0 Å². The molecule has 0 atom stereocenters. The van der Waals surface area contributed by atoms with Crippen molar-refractivity contribution in [2.24, 2.45) is 0 Å². The van der Waals surface area contributed by atoms with Gasteiger partial charge in [-0.25, -0.2) is 4.79 Å². The van der Waals surface area contributed by atoms with Gasteiger partial charge < -0.3 is 29.2 Å². The second kappa shape index (κ2) is 9.44. The molecule has 10 nitrogen and oxygen atoms in total. The van der Waals surface area contributed by atoms with Crippen LogP contribution in [0.5, 0.6) is 0 Å². The highest BCUT2D eigenvalue weighted by molar-refractivity contribution is 6.35. The van der Waals surface area contributed by atoms with Crippen molar-refractivity contribution in [3.8, 4) is 0 Å². The maximum atomic E-state index is 12.4. The van der Waals surface area contributed by atoms with Gasteiger partial charge in [0.1, 0.15) is 0 Å². The number of piperazine rings is 1. The summed E-state index contributed by atoms with van der Waals surface area (Å²) < 4.78 is 10.1. The van der Waals surface area contributed by atoms with E-state index in [0.29, 0.717) is 58.7 Å². The van der Waals surface area contributed by atoms with E-state index in [4.69, 9.17) is 9.15 Å². The van der Waals surface area contributed by atoms with Gasteiger partial charge in [-0.3, -0.25) is 14.4 Å². The van der Waals surface area contributed by atoms with E-state index in [1.807, 2.05) is 0 Å². The number of carbonyl (C=O) groups excluding carboxylic acids is 4. The summed E-state index contributed by atoms with van der Waals surface area (Å²) in [6.45, 7) is 4.30. The Kier molecular flexibility index (Phi) is 6.73. The lowest BCUT2D eigenvalue weighted by Crippen LogP contribution is -2.55. The van der Waals surface area contributed by atoms with Crippen LogP contribution in [0.1, 0.15) is 30.3 Å². The third kappa shape index (κ3) is 5.07. The maximum absolute atomic E-state index is 12.4. The summed E-state index contributed by atoms with van der Waals surface area (Å²) >= 11 is 0. The average molecular weight is 406 g/mol. The van der Waals surface area contributed by atoms with Crippen molar-refractivity contribution in [2.45, 2.75) is 25.8 Å². The summed E-state index contributed by atoms with van der Waals surface area (Å²) in [6.07, 6.45) is 2.23. The van der Waals surface area contributed by atoms with Crippen LogP contribution in [0.2, 0.25) is 0 Å². The predicted molar refractivity (Wildman–Crippen MR) is 101 cm³/mol. The molecule has 0 spiro atoms. The van der Waals surface area contributed by atoms with Crippen LogP contribution in [0, 0.1) is 0 Å². The fourth-order valence-electron chi connectivity index (χ4n) is 3.48. The number of ether oxygens (including phenoxy) is 1. The van der Waals surface area contributed by atoms with Crippen LogP contribution in [-0.4, -0.2) is 90.4 Å². The topological polar surface area (TPSA) is 112 Å². The quantitative estimate of drug-likeness (QED) is 0.723. The van der Waals surface area contributed by atoms with Crippen molar-refractivity contribution < 1.29 is 28.3 Å². The van der Waals surface area contributed by atoms with Crippen molar-refractivity contribution >= 4 is 23.8 Å². The normalized spacial score (nSPS) is 17.8. The van der Waals surface area contributed by atoms with Crippen LogP contribution in [-0.2, 0) is 14.3 Å². The number of nitrogens with zero attached hydrogens (tertiary/aromatic N) is 3. The molecular weight excluding hydrogens is 380 g/mol. The molecule has 1 N–H and O–H groups in total. The Morgan fingerprint density at radius 1 is 1.03 bits per heavy atom. The number of rotatable bonds is 3. The molecule has 1 aromatic rings. The fraction of sp³-hybridized carbons (Fsp3) is 0.579. The zero-order valence-electron chi connectivity index (χ0n) is 16.5. The van der Waals surface area contributed by atoms with Crippen LogP contribution in [0.3, 0.4) is 0 Å². The molecule has 0 aliphatic carbocycles. The minimum atomic E-state index is -0.648. The summed E-state index contributed by atoms with van der Waals surface area (Å²) in [4.78, 5) is 53.4.